The van der Waals surface area contributed by atoms with E-state index in [1.807, 2.05) is 6.08 Å². The van der Waals surface area contributed by atoms with Gasteiger partial charge in [-0.15, -0.1) is 0 Å². The van der Waals surface area contributed by atoms with E-state index >= 15 is 0 Å². The van der Waals surface area contributed by atoms with Crippen LogP contribution in [0.1, 0.15) is 14.3 Å². The van der Waals surface area contributed by atoms with Gasteiger partial charge in [-0.3, -0.25) is 0 Å². The molecule has 1 rings (SSSR count). The van der Waals surface area contributed by atoms with Crippen molar-refractivity contribution in [2.45, 2.75) is 12.8 Å². The van der Waals surface area contributed by atoms with Gasteiger partial charge in [0.2, 0.25) is 0 Å². The Morgan fingerprint density at radius 2 is 2.67 bits per heavy atom. The van der Waals surface area contributed by atoms with Crippen molar-refractivity contribution in [1.82, 2.24) is 0 Å². The maximum atomic E-state index is 3.69. The molecular weight excluding hydrogens is 192 g/mol. The molecule has 0 bridgehead atoms. The van der Waals surface area contributed by atoms with Crippen LogP contribution in [0.3, 0.4) is 0 Å². The van der Waals surface area contributed by atoms with E-state index in [4.69, 9.17) is 0 Å². The first kappa shape index (κ1) is 7.02. The average molecular weight is 202 g/mol. The van der Waals surface area contributed by atoms with Gasteiger partial charge in [-0.05, 0) is 0 Å². The fourth-order valence-electron chi connectivity index (χ4n) is 0.870. The minimum absolute atomic E-state index is 0. The molecule has 0 saturated carbocycles. The summed E-state index contributed by atoms with van der Waals surface area (Å²) in [5.74, 6) is 0. The first-order chi connectivity index (χ1) is 4.34. The fourth-order valence-corrected chi connectivity index (χ4v) is 1.48. The Bertz CT molecular complexity index is 180. The molecule has 0 aromatic carbocycles. The van der Waals surface area contributed by atoms with Gasteiger partial charge in [0.1, 0.15) is 0 Å². The molecule has 0 fully saturated rings. The predicted molar refractivity (Wildman–Crippen MR) is 36.7 cm³/mol. The summed E-state index contributed by atoms with van der Waals surface area (Å²) in [6.07, 6.45) is 8.53. The van der Waals surface area contributed by atoms with Crippen LogP contribution in [0.2, 0.25) is 0 Å². The molecule has 0 heterocycles. The summed E-state index contributed by atoms with van der Waals surface area (Å²) >= 11 is 2.11. The molecule has 1 heteroatoms. The Hall–Kier alpha value is -0.0917. The third-order valence-electron chi connectivity index (χ3n) is 1.34. The minimum Gasteiger partial charge on any atom is -1.00 e. The molecule has 0 atom stereocenters. The second-order valence-electron chi connectivity index (χ2n) is 2.05. The van der Waals surface area contributed by atoms with Gasteiger partial charge in [-0.1, -0.05) is 0 Å². The Balaban J connectivity index is 0.000000810. The van der Waals surface area contributed by atoms with Crippen molar-refractivity contribution in [3.8, 4) is 0 Å². The standard InChI is InChI=1S/C8H9.Mo.H/c1-2-5-8-6-3-4-7-8;;/h2-3,6H,1,4-5H2;;/q;;-1. The molecule has 1 aliphatic rings. The van der Waals surface area contributed by atoms with E-state index in [-0.39, 0.29) is 1.43 Å². The van der Waals surface area contributed by atoms with E-state index in [9.17, 15) is 0 Å². The third-order valence-corrected chi connectivity index (χ3v) is 2.40. The average Bonchev–Trinajstić information content (AvgIpc) is 2.18. The molecule has 0 saturated heterocycles. The maximum absolute atomic E-state index is 3.69. The Kier molecular flexibility index (Phi) is 2.47. The zero-order chi connectivity index (χ0) is 6.69. The molecule has 0 unspecified atom stereocenters. The summed E-state index contributed by atoms with van der Waals surface area (Å²) in [4.78, 5) is 0. The van der Waals surface area contributed by atoms with Crippen molar-refractivity contribution in [2.75, 3.05) is 0 Å². The van der Waals surface area contributed by atoms with Gasteiger partial charge < -0.3 is 1.43 Å². The van der Waals surface area contributed by atoms with E-state index in [0.717, 1.165) is 12.8 Å². The summed E-state index contributed by atoms with van der Waals surface area (Å²) in [5, 5.41) is 0. The monoisotopic (exact) mass is 204 g/mol. The van der Waals surface area contributed by atoms with Crippen LogP contribution in [0, 0.1) is 0 Å². The number of rotatable bonds is 2. The van der Waals surface area contributed by atoms with Gasteiger partial charge >= 0.3 is 67.0 Å². The van der Waals surface area contributed by atoms with E-state index in [1.54, 1.807) is 0 Å². The zero-order valence-corrected chi connectivity index (χ0v) is 7.27. The number of hydrogen-bond donors (Lipinski definition) is 0. The molecule has 1 aliphatic carbocycles. The summed E-state index contributed by atoms with van der Waals surface area (Å²) in [5.41, 5.74) is 1.45. The van der Waals surface area contributed by atoms with Crippen LogP contribution >= 0.6 is 0 Å². The molecule has 0 aromatic rings. The van der Waals surface area contributed by atoms with Crippen molar-refractivity contribution in [3.05, 3.63) is 34.3 Å². The topological polar surface area (TPSA) is 0 Å². The second kappa shape index (κ2) is 3.17. The Morgan fingerprint density at radius 1 is 1.89 bits per heavy atom. The van der Waals surface area contributed by atoms with Crippen LogP contribution in [0.25, 0.3) is 0 Å². The van der Waals surface area contributed by atoms with Crippen molar-refractivity contribution in [1.29, 1.82) is 0 Å². The second-order valence-corrected chi connectivity index (χ2v) is 3.26. The van der Waals surface area contributed by atoms with Gasteiger partial charge in [0, 0.05) is 0 Å². The molecule has 0 aromatic heterocycles. The molecule has 0 nitrogen and oxygen atoms in total. The van der Waals surface area contributed by atoms with Crippen LogP contribution in [-0.4, -0.2) is 0 Å². The molecule has 0 aliphatic heterocycles. The van der Waals surface area contributed by atoms with Crippen LogP contribution < -0.4 is 0 Å². The number of hydrogen-bond acceptors (Lipinski definition) is 0. The van der Waals surface area contributed by atoms with Crippen LogP contribution in [0.15, 0.2) is 34.3 Å². The van der Waals surface area contributed by atoms with Gasteiger partial charge in [0.05, 0.1) is 0 Å². The fraction of sp³-hybridized carbons (Fsp3) is 0.250. The summed E-state index contributed by atoms with van der Waals surface area (Å²) in [6.45, 7) is 3.69. The SMILES string of the molecule is C=CCC1=[C]([Mo])CC=C1.[H-]. The normalized spacial score (nSPS) is 16.9. The summed E-state index contributed by atoms with van der Waals surface area (Å²) in [7, 11) is 0. The molecule has 49 valence electrons. The van der Waals surface area contributed by atoms with Crippen LogP contribution in [-0.2, 0) is 19.8 Å². The zero-order valence-electron chi connectivity index (χ0n) is 6.26. The number of allylic oxidation sites excluding steroid dienone is 5. The Morgan fingerprint density at radius 3 is 3.11 bits per heavy atom. The van der Waals surface area contributed by atoms with Crippen molar-refractivity contribution < 1.29 is 21.2 Å². The molecular formula is C8H10Mo-. The molecule has 0 spiro atoms. The largest absolute Gasteiger partial charge is 1.00 e. The van der Waals surface area contributed by atoms with Crippen molar-refractivity contribution >= 4 is 0 Å². The van der Waals surface area contributed by atoms with Crippen LogP contribution in [0.4, 0.5) is 0 Å². The molecule has 0 N–H and O–H groups in total. The van der Waals surface area contributed by atoms with Crippen LogP contribution in [0.5, 0.6) is 0 Å². The van der Waals surface area contributed by atoms with Gasteiger partial charge in [-0.25, -0.2) is 0 Å². The third kappa shape index (κ3) is 1.66. The van der Waals surface area contributed by atoms with Gasteiger partial charge in [-0.2, -0.15) is 0 Å². The van der Waals surface area contributed by atoms with E-state index < -0.39 is 0 Å². The van der Waals surface area contributed by atoms with E-state index in [2.05, 4.69) is 38.5 Å². The first-order valence-electron chi connectivity index (χ1n) is 3.01. The van der Waals surface area contributed by atoms with Crippen molar-refractivity contribution in [3.63, 3.8) is 0 Å². The summed E-state index contributed by atoms with van der Waals surface area (Å²) < 4.78 is 1.51. The molecule has 0 amide bonds. The Labute approximate surface area is 68.7 Å². The van der Waals surface area contributed by atoms with Crippen molar-refractivity contribution in [2.24, 2.45) is 0 Å². The summed E-state index contributed by atoms with van der Waals surface area (Å²) in [6, 6.07) is 0. The maximum Gasteiger partial charge on any atom is -1.00 e. The molecule has 0 radical (unpaired) electrons. The molecule has 9 heavy (non-hydrogen) atoms. The first-order valence-corrected chi connectivity index (χ1v) is 4.01. The quantitative estimate of drug-likeness (QED) is 0.476. The van der Waals surface area contributed by atoms with Gasteiger partial charge in [0.15, 0.2) is 0 Å². The van der Waals surface area contributed by atoms with Gasteiger partial charge in [0.25, 0.3) is 0 Å². The predicted octanol–water partition coefficient (Wildman–Crippen LogP) is 2.44. The van der Waals surface area contributed by atoms with E-state index in [1.165, 1.54) is 9.54 Å². The smallest absolute Gasteiger partial charge is 1.00 e. The van der Waals surface area contributed by atoms with E-state index in [0.29, 0.717) is 0 Å². The minimum atomic E-state index is 0.